The second-order valence-electron chi connectivity index (χ2n) is 1.52. The lowest BCUT2D eigenvalue weighted by atomic mass is 10.6. The van der Waals surface area contributed by atoms with Gasteiger partial charge in [-0.3, -0.25) is 0 Å². The molecule has 1 aromatic heterocycles. The molecule has 0 aliphatic rings. The molecule has 44 valence electrons. The third-order valence-electron chi connectivity index (χ3n) is 0.783. The number of imidazole rings is 1. The summed E-state index contributed by atoms with van der Waals surface area (Å²) in [5, 5.41) is 0.00231. The first-order valence-electron chi connectivity index (χ1n) is 3.63. The normalized spacial score (nSPS) is 17.0. The second-order valence-corrected chi connectivity index (χ2v) is 1.86. The maximum atomic E-state index is 7.00. The van der Waals surface area contributed by atoms with Crippen LogP contribution in [0.1, 0.15) is 9.81 Å². The molecular formula is C5H7ClN2. The summed E-state index contributed by atoms with van der Waals surface area (Å²) in [5.74, 6) is 0. The largest absolute Gasteiger partial charge is 0.325 e. The van der Waals surface area contributed by atoms with Gasteiger partial charge in [0.2, 0.25) is 5.28 Å². The number of nitrogens with zero attached hydrogens (tertiary/aromatic N) is 2. The van der Waals surface area contributed by atoms with Gasteiger partial charge < -0.3 is 4.57 Å². The number of hydrogen-bond donors (Lipinski definition) is 0. The highest BCUT2D eigenvalue weighted by molar-refractivity contribution is 6.28. The van der Waals surface area contributed by atoms with Crippen molar-refractivity contribution in [2.45, 2.75) is 6.92 Å². The zero-order chi connectivity index (χ0) is 8.65. The van der Waals surface area contributed by atoms with Gasteiger partial charge in [0, 0.05) is 17.3 Å². The molecule has 0 radical (unpaired) electrons. The Labute approximate surface area is 57.3 Å². The first-order valence-corrected chi connectivity index (χ1v) is 2.51. The molecule has 1 aromatic rings. The van der Waals surface area contributed by atoms with E-state index in [1.807, 2.05) is 0 Å². The molecule has 0 aromatic carbocycles. The summed E-state index contributed by atoms with van der Waals surface area (Å²) < 4.78 is 22.0. The van der Waals surface area contributed by atoms with E-state index in [0.717, 1.165) is 4.57 Å². The Hall–Kier alpha value is -0.500. The van der Waals surface area contributed by atoms with Crippen LogP contribution < -0.4 is 0 Å². The van der Waals surface area contributed by atoms with Gasteiger partial charge in [-0.2, -0.15) is 0 Å². The van der Waals surface area contributed by atoms with Gasteiger partial charge in [0.15, 0.2) is 0 Å². The minimum Gasteiger partial charge on any atom is -0.325 e. The molecule has 0 saturated heterocycles. The topological polar surface area (TPSA) is 17.8 Å². The van der Waals surface area contributed by atoms with Crippen LogP contribution in [0.25, 0.3) is 0 Å². The summed E-state index contributed by atoms with van der Waals surface area (Å²) in [6.07, 6.45) is 1.40. The van der Waals surface area contributed by atoms with Crippen molar-refractivity contribution in [2.75, 3.05) is 0 Å². The quantitative estimate of drug-likeness (QED) is 0.523. The highest BCUT2D eigenvalue weighted by atomic mass is 35.5. The van der Waals surface area contributed by atoms with E-state index >= 15 is 0 Å². The van der Waals surface area contributed by atoms with E-state index in [1.54, 1.807) is 6.92 Å². The molecule has 0 fully saturated rings. The van der Waals surface area contributed by atoms with Gasteiger partial charge in [-0.05, 0) is 18.5 Å². The standard InChI is InChI=1S/C5H7ClN2/c1-4-3-8(2)5(6)7-4/h3H,1-2H3/i2D3. The third-order valence-corrected chi connectivity index (χ3v) is 1.05. The van der Waals surface area contributed by atoms with Gasteiger partial charge >= 0.3 is 0 Å². The average molecular weight is 134 g/mol. The van der Waals surface area contributed by atoms with Gasteiger partial charge in [0.1, 0.15) is 0 Å². The molecule has 0 amide bonds. The van der Waals surface area contributed by atoms with Gasteiger partial charge in [-0.1, -0.05) is 0 Å². The molecule has 0 aliphatic heterocycles. The maximum absolute atomic E-state index is 7.00. The smallest absolute Gasteiger partial charge is 0.202 e. The van der Waals surface area contributed by atoms with Crippen LogP contribution >= 0.6 is 11.6 Å². The van der Waals surface area contributed by atoms with Crippen molar-refractivity contribution in [3.63, 3.8) is 0 Å². The van der Waals surface area contributed by atoms with E-state index in [0.29, 0.717) is 5.69 Å². The lowest BCUT2D eigenvalue weighted by molar-refractivity contribution is 0.914. The zero-order valence-corrected chi connectivity index (χ0v) is 5.11. The van der Waals surface area contributed by atoms with Gasteiger partial charge in [0.05, 0.1) is 5.69 Å². The van der Waals surface area contributed by atoms with Crippen LogP contribution in [0, 0.1) is 6.92 Å². The predicted molar refractivity (Wildman–Crippen MR) is 33.0 cm³/mol. The number of halogens is 1. The molecule has 0 unspecified atom stereocenters. The van der Waals surface area contributed by atoms with Crippen LogP contribution in [-0.4, -0.2) is 9.55 Å². The molecule has 2 nitrogen and oxygen atoms in total. The van der Waals surface area contributed by atoms with Crippen LogP contribution in [0.5, 0.6) is 0 Å². The Bertz CT molecular complexity index is 265. The lowest BCUT2D eigenvalue weighted by Crippen LogP contribution is -1.81. The Balaban J connectivity index is 3.13. The molecule has 3 heteroatoms. The fourth-order valence-electron chi connectivity index (χ4n) is 0.468. The summed E-state index contributed by atoms with van der Waals surface area (Å²) in [6, 6.07) is 0. The molecular weight excluding hydrogens is 124 g/mol. The van der Waals surface area contributed by atoms with E-state index in [-0.39, 0.29) is 5.28 Å². The molecule has 0 saturated carbocycles. The van der Waals surface area contributed by atoms with Gasteiger partial charge in [-0.15, -0.1) is 0 Å². The molecule has 0 spiro atoms. The van der Waals surface area contributed by atoms with Crippen LogP contribution in [0.4, 0.5) is 0 Å². The monoisotopic (exact) mass is 133 g/mol. The SMILES string of the molecule is [2H]C([2H])([2H])n1cc(C)nc1Cl. The van der Waals surface area contributed by atoms with Gasteiger partial charge in [-0.25, -0.2) is 4.98 Å². The van der Waals surface area contributed by atoms with Gasteiger partial charge in [0.25, 0.3) is 0 Å². The van der Waals surface area contributed by atoms with Crippen LogP contribution in [0.3, 0.4) is 0 Å². The van der Waals surface area contributed by atoms with Crippen LogP contribution in [-0.2, 0) is 6.98 Å². The number of aromatic nitrogens is 2. The summed E-state index contributed by atoms with van der Waals surface area (Å²) in [7, 11) is 0. The van der Waals surface area contributed by atoms with Crippen LogP contribution in [0.15, 0.2) is 6.20 Å². The summed E-state index contributed by atoms with van der Waals surface area (Å²) >= 11 is 5.52. The van der Waals surface area contributed by atoms with E-state index in [2.05, 4.69) is 4.98 Å². The van der Waals surface area contributed by atoms with E-state index < -0.39 is 6.98 Å². The first kappa shape index (κ1) is 2.87. The van der Waals surface area contributed by atoms with E-state index in [1.165, 1.54) is 6.20 Å². The Morgan fingerprint density at radius 3 is 3.00 bits per heavy atom. The molecule has 0 atom stereocenters. The Morgan fingerprint density at radius 2 is 2.75 bits per heavy atom. The fraction of sp³-hybridized carbons (Fsp3) is 0.400. The van der Waals surface area contributed by atoms with Crippen molar-refractivity contribution in [1.82, 2.24) is 9.55 Å². The van der Waals surface area contributed by atoms with Crippen molar-refractivity contribution < 1.29 is 4.11 Å². The summed E-state index contributed by atoms with van der Waals surface area (Å²) in [5.41, 5.74) is 0.603. The Kier molecular flexibility index (Phi) is 0.641. The van der Waals surface area contributed by atoms with E-state index in [4.69, 9.17) is 15.7 Å². The lowest BCUT2D eigenvalue weighted by Gasteiger charge is -1.84. The molecule has 0 bridgehead atoms. The minimum atomic E-state index is -2.22. The van der Waals surface area contributed by atoms with E-state index in [9.17, 15) is 0 Å². The van der Waals surface area contributed by atoms with Crippen molar-refractivity contribution in [3.8, 4) is 0 Å². The fourth-order valence-corrected chi connectivity index (χ4v) is 0.650. The van der Waals surface area contributed by atoms with Crippen molar-refractivity contribution in [3.05, 3.63) is 17.2 Å². The molecule has 0 N–H and O–H groups in total. The summed E-state index contributed by atoms with van der Waals surface area (Å²) in [4.78, 5) is 3.75. The highest BCUT2D eigenvalue weighted by Crippen LogP contribution is 2.04. The predicted octanol–water partition coefficient (Wildman–Crippen LogP) is 1.38. The van der Waals surface area contributed by atoms with Crippen LogP contribution in [0.2, 0.25) is 5.28 Å². The second kappa shape index (κ2) is 1.78. The number of rotatable bonds is 0. The van der Waals surface area contributed by atoms with Crippen molar-refractivity contribution >= 4 is 11.6 Å². The zero-order valence-electron chi connectivity index (χ0n) is 7.35. The number of hydrogen-bond acceptors (Lipinski definition) is 1. The first-order chi connectivity index (χ1) is 4.91. The molecule has 1 heterocycles. The third kappa shape index (κ3) is 0.842. The minimum absolute atomic E-state index is 0.00231. The van der Waals surface area contributed by atoms with Crippen molar-refractivity contribution in [1.29, 1.82) is 0 Å². The Morgan fingerprint density at radius 1 is 2.00 bits per heavy atom. The molecule has 1 rings (SSSR count). The summed E-state index contributed by atoms with van der Waals surface area (Å²) in [6.45, 7) is -0.535. The maximum Gasteiger partial charge on any atom is 0.202 e. The number of aryl methyl sites for hydroxylation is 2. The highest BCUT2D eigenvalue weighted by Gasteiger charge is 1.94. The average Bonchev–Trinajstić information content (AvgIpc) is 2.08. The van der Waals surface area contributed by atoms with Crippen molar-refractivity contribution in [2.24, 2.45) is 6.98 Å². The molecule has 0 aliphatic carbocycles. The molecule has 8 heavy (non-hydrogen) atoms.